The number of benzene rings is 1. The lowest BCUT2D eigenvalue weighted by Gasteiger charge is -2.11. The van der Waals surface area contributed by atoms with Crippen LogP contribution in [0.4, 0.5) is 5.69 Å². The Morgan fingerprint density at radius 1 is 1.21 bits per heavy atom. The van der Waals surface area contributed by atoms with E-state index in [0.29, 0.717) is 34.6 Å². The van der Waals surface area contributed by atoms with Crippen molar-refractivity contribution in [3.63, 3.8) is 0 Å². The van der Waals surface area contributed by atoms with Crippen LogP contribution in [0.25, 0.3) is 10.2 Å². The van der Waals surface area contributed by atoms with Gasteiger partial charge in [0.1, 0.15) is 21.2 Å². The minimum Gasteiger partial charge on any atom is -0.456 e. The first-order valence-electron chi connectivity index (χ1n) is 8.72. The second-order valence-electron chi connectivity index (χ2n) is 6.69. The van der Waals surface area contributed by atoms with Crippen molar-refractivity contribution in [2.24, 2.45) is 5.73 Å². The van der Waals surface area contributed by atoms with Crippen molar-refractivity contribution in [1.82, 2.24) is 9.88 Å². The van der Waals surface area contributed by atoms with Crippen molar-refractivity contribution in [1.29, 1.82) is 0 Å². The number of amides is 2. The fourth-order valence-corrected chi connectivity index (χ4v) is 3.80. The molecule has 0 aliphatic heterocycles. The first-order valence-corrected chi connectivity index (χ1v) is 9.54. The predicted molar refractivity (Wildman–Crippen MR) is 111 cm³/mol. The standard InChI is InChI=1S/C20H22N4O3S/c1-11-10-14(16-17(21)18(19(22)26)28-20(16)23-11)27-13-7-4-12(5-8-13)6-9-15(25)24(2)3/h4-5,7-8,10H,6,9,21H2,1-3H3,(H2,22,26). The van der Waals surface area contributed by atoms with E-state index in [0.717, 1.165) is 22.6 Å². The van der Waals surface area contributed by atoms with Gasteiger partial charge in [-0.25, -0.2) is 4.98 Å². The minimum atomic E-state index is -0.583. The largest absolute Gasteiger partial charge is 0.456 e. The highest BCUT2D eigenvalue weighted by Crippen LogP contribution is 2.40. The summed E-state index contributed by atoms with van der Waals surface area (Å²) in [6.07, 6.45) is 1.12. The summed E-state index contributed by atoms with van der Waals surface area (Å²) in [7, 11) is 3.49. The van der Waals surface area contributed by atoms with E-state index in [-0.39, 0.29) is 16.5 Å². The van der Waals surface area contributed by atoms with Crippen molar-refractivity contribution in [3.05, 3.63) is 46.5 Å². The molecule has 0 saturated heterocycles. The molecule has 0 radical (unpaired) electrons. The Bertz CT molecular complexity index is 1040. The first kappa shape index (κ1) is 19.6. The molecule has 7 nitrogen and oxygen atoms in total. The van der Waals surface area contributed by atoms with Gasteiger partial charge in [-0.2, -0.15) is 0 Å². The summed E-state index contributed by atoms with van der Waals surface area (Å²) in [5, 5.41) is 0.588. The zero-order valence-electron chi connectivity index (χ0n) is 16.0. The monoisotopic (exact) mass is 398 g/mol. The van der Waals surface area contributed by atoms with Crippen LogP contribution < -0.4 is 16.2 Å². The summed E-state index contributed by atoms with van der Waals surface area (Å²) < 4.78 is 6.02. The van der Waals surface area contributed by atoms with Crippen LogP contribution in [0.1, 0.15) is 27.3 Å². The van der Waals surface area contributed by atoms with Crippen LogP contribution in [0.15, 0.2) is 30.3 Å². The van der Waals surface area contributed by atoms with Crippen LogP contribution in [0.3, 0.4) is 0 Å². The summed E-state index contributed by atoms with van der Waals surface area (Å²) in [6.45, 7) is 1.84. The normalized spacial score (nSPS) is 10.8. The molecule has 4 N–H and O–H groups in total. The van der Waals surface area contributed by atoms with Gasteiger partial charge in [-0.1, -0.05) is 12.1 Å². The van der Waals surface area contributed by atoms with Gasteiger partial charge in [0, 0.05) is 32.3 Å². The Labute approximate surface area is 166 Å². The third-order valence-corrected chi connectivity index (χ3v) is 5.41. The summed E-state index contributed by atoms with van der Waals surface area (Å²) in [6, 6.07) is 9.31. The van der Waals surface area contributed by atoms with Crippen LogP contribution >= 0.6 is 11.3 Å². The maximum absolute atomic E-state index is 11.7. The number of carbonyl (C=O) groups excluding carboxylic acids is 2. The van der Waals surface area contributed by atoms with E-state index in [1.807, 2.05) is 31.2 Å². The molecule has 2 heterocycles. The molecule has 1 aromatic carbocycles. The van der Waals surface area contributed by atoms with Gasteiger partial charge in [0.25, 0.3) is 5.91 Å². The van der Waals surface area contributed by atoms with E-state index in [1.54, 1.807) is 25.1 Å². The first-order chi connectivity index (χ1) is 13.3. The second kappa shape index (κ2) is 7.85. The molecule has 0 atom stereocenters. The highest BCUT2D eigenvalue weighted by atomic mass is 32.1. The number of hydrogen-bond acceptors (Lipinski definition) is 6. The molecular weight excluding hydrogens is 376 g/mol. The zero-order valence-corrected chi connectivity index (χ0v) is 16.8. The molecule has 0 aliphatic carbocycles. The Balaban J connectivity index is 1.84. The fraction of sp³-hybridized carbons (Fsp3) is 0.250. The number of anilines is 1. The number of thiophene rings is 1. The molecule has 8 heteroatoms. The molecule has 2 aromatic heterocycles. The number of aryl methyl sites for hydroxylation is 2. The maximum atomic E-state index is 11.7. The van der Waals surface area contributed by atoms with Gasteiger partial charge in [-0.05, 0) is 31.0 Å². The molecule has 0 unspecified atom stereocenters. The summed E-state index contributed by atoms with van der Waals surface area (Å²) in [5.74, 6) is 0.661. The number of ether oxygens (including phenoxy) is 1. The third kappa shape index (κ3) is 4.07. The number of primary amides is 1. The van der Waals surface area contributed by atoms with Gasteiger partial charge < -0.3 is 21.1 Å². The van der Waals surface area contributed by atoms with Crippen molar-refractivity contribution in [2.45, 2.75) is 19.8 Å². The van der Waals surface area contributed by atoms with E-state index in [4.69, 9.17) is 16.2 Å². The van der Waals surface area contributed by atoms with Crippen molar-refractivity contribution < 1.29 is 14.3 Å². The number of nitrogens with two attached hydrogens (primary N) is 2. The van der Waals surface area contributed by atoms with E-state index < -0.39 is 5.91 Å². The molecular formula is C20H22N4O3S. The highest BCUT2D eigenvalue weighted by Gasteiger charge is 2.19. The summed E-state index contributed by atoms with van der Waals surface area (Å²) in [4.78, 5) is 30.2. The van der Waals surface area contributed by atoms with E-state index in [2.05, 4.69) is 4.98 Å². The molecule has 0 spiro atoms. The van der Waals surface area contributed by atoms with E-state index in [1.165, 1.54) is 0 Å². The average Bonchev–Trinajstić information content (AvgIpc) is 2.97. The summed E-state index contributed by atoms with van der Waals surface area (Å²) >= 11 is 1.16. The fourth-order valence-electron chi connectivity index (χ4n) is 2.79. The molecule has 2 amide bonds. The second-order valence-corrected chi connectivity index (χ2v) is 7.68. The number of pyridine rings is 1. The topological polar surface area (TPSA) is 112 Å². The smallest absolute Gasteiger partial charge is 0.260 e. The summed E-state index contributed by atoms with van der Waals surface area (Å²) in [5.41, 5.74) is 13.6. The Morgan fingerprint density at radius 3 is 2.50 bits per heavy atom. The zero-order chi connectivity index (χ0) is 20.4. The molecule has 0 aliphatic rings. The molecule has 146 valence electrons. The van der Waals surface area contributed by atoms with Crippen LogP contribution in [0.2, 0.25) is 0 Å². The van der Waals surface area contributed by atoms with E-state index >= 15 is 0 Å². The van der Waals surface area contributed by atoms with Gasteiger partial charge in [0.15, 0.2) is 0 Å². The van der Waals surface area contributed by atoms with Crippen LogP contribution in [-0.2, 0) is 11.2 Å². The van der Waals surface area contributed by atoms with Crippen molar-refractivity contribution >= 4 is 39.1 Å². The lowest BCUT2D eigenvalue weighted by molar-refractivity contribution is -0.128. The quantitative estimate of drug-likeness (QED) is 0.663. The molecule has 0 bridgehead atoms. The Morgan fingerprint density at radius 2 is 1.89 bits per heavy atom. The Hall–Kier alpha value is -3.13. The number of fused-ring (bicyclic) bond motifs is 1. The number of nitrogen functional groups attached to an aromatic ring is 1. The molecule has 0 saturated carbocycles. The van der Waals surface area contributed by atoms with Crippen LogP contribution in [-0.4, -0.2) is 35.8 Å². The lowest BCUT2D eigenvalue weighted by Crippen LogP contribution is -2.21. The lowest BCUT2D eigenvalue weighted by atomic mass is 10.1. The van der Waals surface area contributed by atoms with E-state index in [9.17, 15) is 9.59 Å². The van der Waals surface area contributed by atoms with Gasteiger partial charge in [-0.3, -0.25) is 9.59 Å². The van der Waals surface area contributed by atoms with Gasteiger partial charge in [0.05, 0.1) is 11.1 Å². The molecule has 3 aromatic rings. The average molecular weight is 398 g/mol. The SMILES string of the molecule is Cc1cc(Oc2ccc(CCC(=O)N(C)C)cc2)c2c(N)c(C(N)=O)sc2n1. The molecule has 28 heavy (non-hydrogen) atoms. The van der Waals surface area contributed by atoms with Crippen molar-refractivity contribution in [2.75, 3.05) is 19.8 Å². The highest BCUT2D eigenvalue weighted by molar-refractivity contribution is 7.21. The van der Waals surface area contributed by atoms with Gasteiger partial charge in [-0.15, -0.1) is 11.3 Å². The minimum absolute atomic E-state index is 0.0909. The number of carbonyl (C=O) groups is 2. The van der Waals surface area contributed by atoms with Gasteiger partial charge in [0.2, 0.25) is 5.91 Å². The number of hydrogen-bond donors (Lipinski definition) is 2. The number of rotatable bonds is 6. The maximum Gasteiger partial charge on any atom is 0.260 e. The third-order valence-electron chi connectivity index (χ3n) is 4.29. The van der Waals surface area contributed by atoms with Crippen LogP contribution in [0.5, 0.6) is 11.5 Å². The molecule has 0 fully saturated rings. The molecule has 3 rings (SSSR count). The predicted octanol–water partition coefficient (Wildman–Crippen LogP) is 3.10. The Kier molecular flexibility index (Phi) is 5.51. The van der Waals surface area contributed by atoms with Crippen LogP contribution in [0, 0.1) is 6.92 Å². The van der Waals surface area contributed by atoms with Crippen molar-refractivity contribution in [3.8, 4) is 11.5 Å². The number of aromatic nitrogens is 1. The number of nitrogens with zero attached hydrogens (tertiary/aromatic N) is 2. The van der Waals surface area contributed by atoms with Gasteiger partial charge >= 0.3 is 0 Å².